The summed E-state index contributed by atoms with van der Waals surface area (Å²) in [4.78, 5) is 0. The van der Waals surface area contributed by atoms with Crippen LogP contribution in [0.4, 0.5) is 0 Å². The topological polar surface area (TPSA) is 134 Å². The normalized spacial score (nSPS) is 13.9. The summed E-state index contributed by atoms with van der Waals surface area (Å²) in [6.07, 6.45) is -0.169. The van der Waals surface area contributed by atoms with Gasteiger partial charge in [0.05, 0.1) is 24.7 Å². The highest BCUT2D eigenvalue weighted by Gasteiger charge is 2.24. The van der Waals surface area contributed by atoms with Crippen molar-refractivity contribution in [2.24, 2.45) is 11.6 Å². The molecule has 2 aromatic carbocycles. The molecule has 188 valence electrons. The van der Waals surface area contributed by atoms with Crippen molar-refractivity contribution in [3.63, 3.8) is 0 Å². The van der Waals surface area contributed by atoms with Gasteiger partial charge in [-0.3, -0.25) is 0 Å². The Hall–Kier alpha value is -2.49. The number of nitrogens with zero attached hydrogens (tertiary/aromatic N) is 1. The smallest absolute Gasteiger partial charge is 0.122 e. The number of hydrogen-bond donors (Lipinski definition) is 5. The summed E-state index contributed by atoms with van der Waals surface area (Å²) in [5, 5.41) is 29.9. The van der Waals surface area contributed by atoms with E-state index < -0.39 is 12.2 Å². The molecule has 1 unspecified atom stereocenters. The van der Waals surface area contributed by atoms with E-state index in [0.717, 1.165) is 22.4 Å². The fourth-order valence-corrected chi connectivity index (χ4v) is 3.45. The highest BCUT2D eigenvalue weighted by atomic mass is 35.5. The van der Waals surface area contributed by atoms with Crippen LogP contribution in [0.2, 0.25) is 0 Å². The first-order valence-corrected chi connectivity index (χ1v) is 11.6. The average molecular weight is 494 g/mol. The number of aliphatic hydroxyl groups is 3. The minimum absolute atomic E-state index is 0.0579. The molecule has 0 fully saturated rings. The van der Waals surface area contributed by atoms with Crippen molar-refractivity contribution in [2.75, 3.05) is 32.2 Å². The second-order valence-electron chi connectivity index (χ2n) is 8.77. The molecule has 0 saturated carbocycles. The molecule has 34 heavy (non-hydrogen) atoms. The van der Waals surface area contributed by atoms with Gasteiger partial charge in [0.25, 0.3) is 0 Å². The van der Waals surface area contributed by atoms with Crippen molar-refractivity contribution in [3.05, 3.63) is 71.1 Å². The third-order valence-electron chi connectivity index (χ3n) is 5.46. The Morgan fingerprint density at radius 3 is 2.26 bits per heavy atom. The number of rotatable bonds is 13. The molecule has 0 aliphatic rings. The number of nitrogens with two attached hydrogens (primary N) is 2. The minimum Gasteiger partial charge on any atom is -0.491 e. The zero-order chi connectivity index (χ0) is 25.3. The summed E-state index contributed by atoms with van der Waals surface area (Å²) >= 11 is 5.63. The zero-order valence-corrected chi connectivity index (χ0v) is 20.7. The van der Waals surface area contributed by atoms with Crippen LogP contribution in [0.3, 0.4) is 0 Å². The quantitative estimate of drug-likeness (QED) is 0.162. The van der Waals surface area contributed by atoms with Gasteiger partial charge in [0.2, 0.25) is 0 Å². The Morgan fingerprint density at radius 1 is 1.06 bits per heavy atom. The summed E-state index contributed by atoms with van der Waals surface area (Å²) in [7, 11) is 0. The highest BCUT2D eigenvalue weighted by Crippen LogP contribution is 2.34. The molecule has 0 saturated heterocycles. The van der Waals surface area contributed by atoms with Gasteiger partial charge < -0.3 is 35.5 Å². The van der Waals surface area contributed by atoms with Crippen molar-refractivity contribution in [3.8, 4) is 11.5 Å². The largest absolute Gasteiger partial charge is 0.491 e. The SMILES string of the molecule is Cc1cc(C(C)(C)c2ccc(OC[C@H](O)CN(N)/C=C(\N)CO)cc2)ccc1OCC(O)CCl. The van der Waals surface area contributed by atoms with Crippen LogP contribution in [0.5, 0.6) is 11.5 Å². The highest BCUT2D eigenvalue weighted by molar-refractivity contribution is 6.18. The molecule has 2 rings (SSSR count). The van der Waals surface area contributed by atoms with E-state index in [2.05, 4.69) is 19.9 Å². The summed E-state index contributed by atoms with van der Waals surface area (Å²) < 4.78 is 11.4. The number of ether oxygens (including phenoxy) is 2. The first-order valence-electron chi connectivity index (χ1n) is 11.0. The predicted molar refractivity (Wildman–Crippen MR) is 134 cm³/mol. The van der Waals surface area contributed by atoms with Crippen LogP contribution in [-0.2, 0) is 5.41 Å². The van der Waals surface area contributed by atoms with Crippen LogP contribution in [-0.4, -0.2) is 64.8 Å². The van der Waals surface area contributed by atoms with E-state index in [1.807, 2.05) is 43.3 Å². The van der Waals surface area contributed by atoms with E-state index in [0.29, 0.717) is 5.75 Å². The molecule has 8 nitrogen and oxygen atoms in total. The van der Waals surface area contributed by atoms with E-state index in [1.54, 1.807) is 0 Å². The van der Waals surface area contributed by atoms with Gasteiger partial charge in [-0.2, -0.15) is 0 Å². The molecule has 9 heteroatoms. The van der Waals surface area contributed by atoms with Crippen molar-refractivity contribution in [1.29, 1.82) is 0 Å². The molecule has 0 aromatic heterocycles. The maximum absolute atomic E-state index is 10.1. The van der Waals surface area contributed by atoms with Gasteiger partial charge in [-0.05, 0) is 41.8 Å². The molecule has 2 aromatic rings. The summed E-state index contributed by atoms with van der Waals surface area (Å²) in [6, 6.07) is 13.7. The Kier molecular flexibility index (Phi) is 10.5. The van der Waals surface area contributed by atoms with Gasteiger partial charge in [-0.25, -0.2) is 5.84 Å². The number of hydrazine groups is 1. The first-order chi connectivity index (χ1) is 16.1. The number of halogens is 1. The maximum Gasteiger partial charge on any atom is 0.122 e. The monoisotopic (exact) mass is 493 g/mol. The van der Waals surface area contributed by atoms with Gasteiger partial charge in [0, 0.05) is 11.6 Å². The molecule has 0 heterocycles. The van der Waals surface area contributed by atoms with E-state index in [4.69, 9.17) is 37.8 Å². The maximum atomic E-state index is 10.1. The van der Waals surface area contributed by atoms with Gasteiger partial charge in [0.1, 0.15) is 36.9 Å². The molecule has 0 bridgehead atoms. The molecule has 0 aliphatic heterocycles. The lowest BCUT2D eigenvalue weighted by Gasteiger charge is -2.27. The predicted octanol–water partition coefficient (Wildman–Crippen LogP) is 2.01. The van der Waals surface area contributed by atoms with E-state index in [9.17, 15) is 10.2 Å². The van der Waals surface area contributed by atoms with Crippen molar-refractivity contribution in [1.82, 2.24) is 5.01 Å². The molecule has 0 radical (unpaired) electrons. The van der Waals surface area contributed by atoms with E-state index in [-0.39, 0.29) is 43.4 Å². The molecular formula is C25H36ClN3O5. The third kappa shape index (κ3) is 8.07. The fourth-order valence-electron chi connectivity index (χ4n) is 3.36. The molecule has 0 aliphatic carbocycles. The van der Waals surface area contributed by atoms with Gasteiger partial charge in [-0.1, -0.05) is 38.1 Å². The van der Waals surface area contributed by atoms with E-state index in [1.165, 1.54) is 11.2 Å². The number of benzene rings is 2. The summed E-state index contributed by atoms with van der Waals surface area (Å²) in [5.74, 6) is 7.20. The lowest BCUT2D eigenvalue weighted by atomic mass is 9.77. The van der Waals surface area contributed by atoms with Crippen LogP contribution in [0.1, 0.15) is 30.5 Å². The Morgan fingerprint density at radius 2 is 1.68 bits per heavy atom. The molecule has 2 atom stereocenters. The fraction of sp³-hybridized carbons (Fsp3) is 0.440. The molecule has 0 spiro atoms. The first kappa shape index (κ1) is 27.8. The van der Waals surface area contributed by atoms with Crippen molar-refractivity contribution >= 4 is 11.6 Å². The second kappa shape index (κ2) is 12.8. The number of hydrogen-bond acceptors (Lipinski definition) is 8. The average Bonchev–Trinajstić information content (AvgIpc) is 2.81. The van der Waals surface area contributed by atoms with Gasteiger partial charge in [-0.15, -0.1) is 11.6 Å². The molecular weight excluding hydrogens is 458 g/mol. The summed E-state index contributed by atoms with van der Waals surface area (Å²) in [6.45, 7) is 6.26. The Balaban J connectivity index is 1.99. The van der Waals surface area contributed by atoms with Crippen molar-refractivity contribution < 1.29 is 24.8 Å². The summed E-state index contributed by atoms with van der Waals surface area (Å²) in [5.41, 5.74) is 8.65. The third-order valence-corrected chi connectivity index (χ3v) is 5.82. The number of aryl methyl sites for hydroxylation is 1. The zero-order valence-electron chi connectivity index (χ0n) is 19.9. The van der Waals surface area contributed by atoms with Gasteiger partial charge in [0.15, 0.2) is 0 Å². The van der Waals surface area contributed by atoms with Gasteiger partial charge >= 0.3 is 0 Å². The Bertz CT molecular complexity index is 937. The minimum atomic E-state index is -0.835. The Labute approximate surface area is 206 Å². The van der Waals surface area contributed by atoms with Crippen molar-refractivity contribution in [2.45, 2.75) is 38.4 Å². The van der Waals surface area contributed by atoms with Crippen LogP contribution in [0.15, 0.2) is 54.4 Å². The molecule has 0 amide bonds. The number of alkyl halides is 1. The van der Waals surface area contributed by atoms with Crippen LogP contribution < -0.4 is 21.1 Å². The second-order valence-corrected chi connectivity index (χ2v) is 9.08. The van der Waals surface area contributed by atoms with E-state index >= 15 is 0 Å². The van der Waals surface area contributed by atoms with Crippen LogP contribution in [0, 0.1) is 6.92 Å². The lowest BCUT2D eigenvalue weighted by Crippen LogP contribution is -2.37. The number of aliphatic hydroxyl groups excluding tert-OH is 3. The lowest BCUT2D eigenvalue weighted by molar-refractivity contribution is 0.0815. The standard InChI is InChI=1S/C25H36ClN3O5/c1-17-10-19(6-9-24(17)34-15-21(31)11-26)25(2,3)18-4-7-23(8-5-18)33-16-22(32)13-29(28)12-20(27)14-30/h4-10,12,21-22,30-32H,11,13-16,27-28H2,1-3H3/b20-12-/t21?,22-/m1/s1. The van der Waals surface area contributed by atoms with Crippen LogP contribution in [0.25, 0.3) is 0 Å². The molecule has 7 N–H and O–H groups in total. The van der Waals surface area contributed by atoms with Crippen LogP contribution >= 0.6 is 11.6 Å².